The highest BCUT2D eigenvalue weighted by atomic mass is 16.1. The van der Waals surface area contributed by atoms with E-state index in [2.05, 4.69) is 20.4 Å². The Morgan fingerprint density at radius 2 is 1.93 bits per heavy atom. The van der Waals surface area contributed by atoms with Gasteiger partial charge in [0.25, 0.3) is 0 Å². The van der Waals surface area contributed by atoms with Gasteiger partial charge in [-0.1, -0.05) is 20.4 Å². The minimum absolute atomic E-state index is 0.188. The fourth-order valence-electron chi connectivity index (χ4n) is 1.55. The second-order valence-corrected chi connectivity index (χ2v) is 4.32. The number of rotatable bonds is 7. The van der Waals surface area contributed by atoms with Crippen molar-refractivity contribution in [1.29, 1.82) is 0 Å². The van der Waals surface area contributed by atoms with Crippen LogP contribution < -0.4 is 5.73 Å². The molecule has 2 N–H and O–H groups in total. The number of Topliss-reactive ketones (excluding diaryl/α,β-unsaturated/α-hetero) is 1. The van der Waals surface area contributed by atoms with Gasteiger partial charge in [0.15, 0.2) is 5.78 Å². The van der Waals surface area contributed by atoms with E-state index in [-0.39, 0.29) is 5.78 Å². The Bertz CT molecular complexity index is 196. The van der Waals surface area contributed by atoms with E-state index < -0.39 is 0 Å². The number of carbonyl (C=O) groups excluding carboxylic acids is 1. The van der Waals surface area contributed by atoms with Crippen LogP contribution >= 0.6 is 0 Å². The molecule has 0 rings (SSSR count). The molecule has 0 fully saturated rings. The Labute approximate surface area is 87.6 Å². The van der Waals surface area contributed by atoms with Crippen LogP contribution in [0.15, 0.2) is 12.2 Å². The van der Waals surface area contributed by atoms with Gasteiger partial charge in [0.1, 0.15) is 0 Å². The summed E-state index contributed by atoms with van der Waals surface area (Å²) in [4.78, 5) is 11.3. The quantitative estimate of drug-likeness (QED) is 0.637. The van der Waals surface area contributed by atoms with Gasteiger partial charge in [-0.25, -0.2) is 0 Å². The molecule has 1 atom stereocenters. The molecule has 0 amide bonds. The summed E-state index contributed by atoms with van der Waals surface area (Å²) < 4.78 is 0. The molecule has 0 heterocycles. The number of ketones is 1. The first kappa shape index (κ1) is 13.4. The molecule has 2 heteroatoms. The lowest BCUT2D eigenvalue weighted by Gasteiger charge is -2.19. The Kier molecular flexibility index (Phi) is 6.46. The minimum Gasteiger partial charge on any atom is -0.330 e. The van der Waals surface area contributed by atoms with Crippen LogP contribution in [0.25, 0.3) is 0 Å². The first-order chi connectivity index (χ1) is 6.49. The monoisotopic (exact) mass is 197 g/mol. The zero-order valence-electron chi connectivity index (χ0n) is 9.68. The van der Waals surface area contributed by atoms with Crippen LogP contribution in [0.2, 0.25) is 0 Å². The van der Waals surface area contributed by atoms with E-state index in [0.29, 0.717) is 30.4 Å². The SMILES string of the molecule is C=C(C)C(=O)CCC(CCN)C(C)C. The maximum atomic E-state index is 11.3. The van der Waals surface area contributed by atoms with Crippen molar-refractivity contribution in [3.8, 4) is 0 Å². The third-order valence-electron chi connectivity index (χ3n) is 2.70. The molecule has 0 aliphatic carbocycles. The van der Waals surface area contributed by atoms with E-state index in [9.17, 15) is 4.79 Å². The summed E-state index contributed by atoms with van der Waals surface area (Å²) in [7, 11) is 0. The lowest BCUT2D eigenvalue weighted by atomic mass is 9.87. The van der Waals surface area contributed by atoms with Crippen LogP contribution in [0.1, 0.15) is 40.0 Å². The Morgan fingerprint density at radius 1 is 1.36 bits per heavy atom. The van der Waals surface area contributed by atoms with E-state index in [1.54, 1.807) is 6.92 Å². The molecule has 0 spiro atoms. The van der Waals surface area contributed by atoms with Crippen LogP contribution in [0.4, 0.5) is 0 Å². The molecule has 14 heavy (non-hydrogen) atoms. The molecule has 0 aromatic rings. The predicted octanol–water partition coefficient (Wildman–Crippen LogP) is 2.53. The van der Waals surface area contributed by atoms with Crippen molar-refractivity contribution < 1.29 is 4.79 Å². The number of nitrogens with two attached hydrogens (primary N) is 1. The maximum Gasteiger partial charge on any atom is 0.157 e. The highest BCUT2D eigenvalue weighted by Crippen LogP contribution is 2.21. The number of hydrogen-bond donors (Lipinski definition) is 1. The van der Waals surface area contributed by atoms with Crippen molar-refractivity contribution in [2.45, 2.75) is 40.0 Å². The lowest BCUT2D eigenvalue weighted by Crippen LogP contribution is -2.15. The van der Waals surface area contributed by atoms with E-state index in [1.807, 2.05) is 0 Å². The second-order valence-electron chi connectivity index (χ2n) is 4.32. The summed E-state index contributed by atoms with van der Waals surface area (Å²) in [6.07, 6.45) is 2.58. The van der Waals surface area contributed by atoms with Crippen molar-refractivity contribution >= 4 is 5.78 Å². The average molecular weight is 197 g/mol. The van der Waals surface area contributed by atoms with Gasteiger partial charge in [0.2, 0.25) is 0 Å². The van der Waals surface area contributed by atoms with E-state index >= 15 is 0 Å². The Morgan fingerprint density at radius 3 is 2.29 bits per heavy atom. The fourth-order valence-corrected chi connectivity index (χ4v) is 1.55. The van der Waals surface area contributed by atoms with Crippen LogP contribution in [0.5, 0.6) is 0 Å². The zero-order chi connectivity index (χ0) is 11.1. The normalized spacial score (nSPS) is 12.9. The van der Waals surface area contributed by atoms with E-state index in [4.69, 9.17) is 5.73 Å². The zero-order valence-corrected chi connectivity index (χ0v) is 9.68. The molecular formula is C12H23NO. The van der Waals surface area contributed by atoms with Crippen molar-refractivity contribution in [2.75, 3.05) is 6.54 Å². The van der Waals surface area contributed by atoms with Crippen LogP contribution in [-0.2, 0) is 4.79 Å². The first-order valence-electron chi connectivity index (χ1n) is 5.37. The maximum absolute atomic E-state index is 11.3. The molecule has 0 saturated carbocycles. The highest BCUT2D eigenvalue weighted by Gasteiger charge is 2.14. The van der Waals surface area contributed by atoms with Crippen molar-refractivity contribution in [3.05, 3.63) is 12.2 Å². The Hall–Kier alpha value is -0.630. The van der Waals surface area contributed by atoms with Crippen LogP contribution in [0, 0.1) is 11.8 Å². The first-order valence-corrected chi connectivity index (χ1v) is 5.37. The average Bonchev–Trinajstić information content (AvgIpc) is 2.10. The lowest BCUT2D eigenvalue weighted by molar-refractivity contribution is -0.115. The summed E-state index contributed by atoms with van der Waals surface area (Å²) in [5.74, 6) is 1.37. The van der Waals surface area contributed by atoms with Crippen LogP contribution in [-0.4, -0.2) is 12.3 Å². The van der Waals surface area contributed by atoms with Gasteiger partial charge >= 0.3 is 0 Å². The molecule has 1 unspecified atom stereocenters. The molecule has 0 bridgehead atoms. The van der Waals surface area contributed by atoms with E-state index in [1.165, 1.54) is 0 Å². The molecule has 0 aliphatic rings. The van der Waals surface area contributed by atoms with Crippen molar-refractivity contribution in [2.24, 2.45) is 17.6 Å². The summed E-state index contributed by atoms with van der Waals surface area (Å²) >= 11 is 0. The highest BCUT2D eigenvalue weighted by molar-refractivity contribution is 5.94. The molecule has 0 aromatic heterocycles. The topological polar surface area (TPSA) is 43.1 Å². The smallest absolute Gasteiger partial charge is 0.157 e. The molecule has 0 saturated heterocycles. The number of carbonyl (C=O) groups is 1. The van der Waals surface area contributed by atoms with Gasteiger partial charge in [-0.05, 0) is 43.7 Å². The van der Waals surface area contributed by atoms with Gasteiger partial charge in [-0.2, -0.15) is 0 Å². The van der Waals surface area contributed by atoms with E-state index in [0.717, 1.165) is 12.8 Å². The number of allylic oxidation sites excluding steroid dienone is 1. The molecular weight excluding hydrogens is 174 g/mol. The molecule has 0 radical (unpaired) electrons. The second kappa shape index (κ2) is 6.77. The molecule has 82 valence electrons. The van der Waals surface area contributed by atoms with Gasteiger partial charge < -0.3 is 5.73 Å². The third-order valence-corrected chi connectivity index (χ3v) is 2.70. The molecule has 0 aliphatic heterocycles. The predicted molar refractivity (Wildman–Crippen MR) is 61.1 cm³/mol. The van der Waals surface area contributed by atoms with Gasteiger partial charge in [0, 0.05) is 6.42 Å². The van der Waals surface area contributed by atoms with Crippen molar-refractivity contribution in [1.82, 2.24) is 0 Å². The third kappa shape index (κ3) is 5.18. The number of hydrogen-bond acceptors (Lipinski definition) is 2. The fraction of sp³-hybridized carbons (Fsp3) is 0.750. The Balaban J connectivity index is 3.93. The summed E-state index contributed by atoms with van der Waals surface area (Å²) in [5.41, 5.74) is 6.20. The largest absolute Gasteiger partial charge is 0.330 e. The molecule has 2 nitrogen and oxygen atoms in total. The van der Waals surface area contributed by atoms with Crippen molar-refractivity contribution in [3.63, 3.8) is 0 Å². The van der Waals surface area contributed by atoms with Gasteiger partial charge in [0.05, 0.1) is 0 Å². The van der Waals surface area contributed by atoms with Gasteiger partial charge in [-0.3, -0.25) is 4.79 Å². The van der Waals surface area contributed by atoms with Gasteiger partial charge in [-0.15, -0.1) is 0 Å². The minimum atomic E-state index is 0.188. The molecule has 0 aromatic carbocycles. The summed E-state index contributed by atoms with van der Waals surface area (Å²) in [6.45, 7) is 10.5. The summed E-state index contributed by atoms with van der Waals surface area (Å²) in [6, 6.07) is 0. The summed E-state index contributed by atoms with van der Waals surface area (Å²) in [5, 5.41) is 0. The standard InChI is InChI=1S/C12H23NO/c1-9(2)11(7-8-13)5-6-12(14)10(3)4/h9,11H,3,5-8,13H2,1-2,4H3. The van der Waals surface area contributed by atoms with Crippen LogP contribution in [0.3, 0.4) is 0 Å².